The van der Waals surface area contributed by atoms with Crippen molar-refractivity contribution < 1.29 is 0 Å². The SMILES string of the molecule is CCN1CN(c2ccccc2)CN(c2ccccc2)C1=S. The van der Waals surface area contributed by atoms with Crippen LogP contribution in [0.5, 0.6) is 0 Å². The Labute approximate surface area is 131 Å². The van der Waals surface area contributed by atoms with E-state index in [-0.39, 0.29) is 0 Å². The summed E-state index contributed by atoms with van der Waals surface area (Å²) < 4.78 is 0. The van der Waals surface area contributed by atoms with Crippen molar-refractivity contribution >= 4 is 28.7 Å². The summed E-state index contributed by atoms with van der Waals surface area (Å²) in [5.74, 6) is 0. The van der Waals surface area contributed by atoms with Crippen LogP contribution in [0.4, 0.5) is 11.4 Å². The fourth-order valence-electron chi connectivity index (χ4n) is 2.55. The van der Waals surface area contributed by atoms with Crippen LogP contribution in [0, 0.1) is 0 Å². The lowest BCUT2D eigenvalue weighted by atomic mass is 10.2. The number of para-hydroxylation sites is 2. The highest BCUT2D eigenvalue weighted by atomic mass is 32.1. The Morgan fingerprint density at radius 1 is 0.857 bits per heavy atom. The molecule has 0 spiro atoms. The standard InChI is InChI=1S/C17H19N3S/c1-2-18-13-19(15-9-5-3-6-10-15)14-20(17(18)21)16-11-7-4-8-12-16/h3-12H,2,13-14H2,1H3. The van der Waals surface area contributed by atoms with Gasteiger partial charge >= 0.3 is 0 Å². The molecule has 1 aliphatic heterocycles. The van der Waals surface area contributed by atoms with Crippen LogP contribution < -0.4 is 9.80 Å². The minimum absolute atomic E-state index is 0.781. The van der Waals surface area contributed by atoms with E-state index in [9.17, 15) is 0 Å². The number of hydrogen-bond donors (Lipinski definition) is 0. The molecule has 0 radical (unpaired) electrons. The second-order valence-electron chi connectivity index (χ2n) is 5.06. The fraction of sp³-hybridized carbons (Fsp3) is 0.235. The minimum Gasteiger partial charge on any atom is -0.336 e. The molecular formula is C17H19N3S. The van der Waals surface area contributed by atoms with Crippen LogP contribution in [0.2, 0.25) is 0 Å². The molecule has 0 amide bonds. The lowest BCUT2D eigenvalue weighted by Crippen LogP contribution is -2.58. The number of rotatable bonds is 3. The van der Waals surface area contributed by atoms with Gasteiger partial charge < -0.3 is 14.7 Å². The molecular weight excluding hydrogens is 278 g/mol. The van der Waals surface area contributed by atoms with E-state index in [0.717, 1.165) is 30.7 Å². The van der Waals surface area contributed by atoms with Gasteiger partial charge in [0.2, 0.25) is 0 Å². The normalized spacial score (nSPS) is 15.5. The van der Waals surface area contributed by atoms with Crippen molar-refractivity contribution in [2.45, 2.75) is 6.92 Å². The summed E-state index contributed by atoms with van der Waals surface area (Å²) in [5.41, 5.74) is 2.36. The fourth-order valence-corrected chi connectivity index (χ4v) is 2.90. The Hall–Kier alpha value is -2.07. The summed E-state index contributed by atoms with van der Waals surface area (Å²) in [6.45, 7) is 4.67. The van der Waals surface area contributed by atoms with Gasteiger partial charge in [0.25, 0.3) is 0 Å². The van der Waals surface area contributed by atoms with Crippen LogP contribution in [0.1, 0.15) is 6.92 Å². The summed E-state index contributed by atoms with van der Waals surface area (Å²) >= 11 is 5.66. The van der Waals surface area contributed by atoms with Gasteiger partial charge in [-0.25, -0.2) is 0 Å². The van der Waals surface area contributed by atoms with Crippen LogP contribution in [-0.2, 0) is 0 Å². The van der Waals surface area contributed by atoms with Gasteiger partial charge in [-0.1, -0.05) is 36.4 Å². The molecule has 4 heteroatoms. The maximum Gasteiger partial charge on any atom is 0.179 e. The average Bonchev–Trinajstić information content (AvgIpc) is 2.56. The number of thiocarbonyl (C=S) groups is 1. The molecule has 1 saturated heterocycles. The van der Waals surface area contributed by atoms with E-state index >= 15 is 0 Å². The summed E-state index contributed by atoms with van der Waals surface area (Å²) in [4.78, 5) is 6.75. The van der Waals surface area contributed by atoms with Gasteiger partial charge in [0, 0.05) is 17.9 Å². The first-order chi connectivity index (χ1) is 10.3. The Bertz CT molecular complexity index is 600. The number of anilines is 2. The highest BCUT2D eigenvalue weighted by Gasteiger charge is 2.27. The largest absolute Gasteiger partial charge is 0.336 e. The molecule has 3 rings (SSSR count). The quantitative estimate of drug-likeness (QED) is 0.801. The third kappa shape index (κ3) is 2.85. The van der Waals surface area contributed by atoms with Crippen molar-refractivity contribution in [3.8, 4) is 0 Å². The molecule has 2 aromatic rings. The maximum absolute atomic E-state index is 5.66. The molecule has 1 heterocycles. The van der Waals surface area contributed by atoms with Crippen molar-refractivity contribution in [3.63, 3.8) is 0 Å². The van der Waals surface area contributed by atoms with E-state index in [1.165, 1.54) is 5.69 Å². The third-order valence-corrected chi connectivity index (χ3v) is 4.20. The van der Waals surface area contributed by atoms with Crippen LogP contribution >= 0.6 is 12.2 Å². The van der Waals surface area contributed by atoms with Crippen molar-refractivity contribution in [2.75, 3.05) is 29.7 Å². The van der Waals surface area contributed by atoms with Crippen LogP contribution in [-0.4, -0.2) is 29.9 Å². The molecule has 0 bridgehead atoms. The maximum atomic E-state index is 5.66. The van der Waals surface area contributed by atoms with Crippen molar-refractivity contribution in [1.82, 2.24) is 4.90 Å². The number of nitrogens with zero attached hydrogens (tertiary/aromatic N) is 3. The second kappa shape index (κ2) is 6.14. The lowest BCUT2D eigenvalue weighted by Gasteiger charge is -2.45. The highest BCUT2D eigenvalue weighted by Crippen LogP contribution is 2.24. The molecule has 0 N–H and O–H groups in total. The number of benzene rings is 2. The predicted molar refractivity (Wildman–Crippen MR) is 92.6 cm³/mol. The predicted octanol–water partition coefficient (Wildman–Crippen LogP) is 3.54. The first-order valence-electron chi connectivity index (χ1n) is 7.21. The summed E-state index contributed by atoms with van der Waals surface area (Å²) in [5, 5.41) is 0.899. The zero-order valence-corrected chi connectivity index (χ0v) is 13.0. The molecule has 108 valence electrons. The molecule has 0 aliphatic carbocycles. The van der Waals surface area contributed by atoms with E-state index < -0.39 is 0 Å². The van der Waals surface area contributed by atoms with Gasteiger partial charge in [-0.05, 0) is 43.4 Å². The summed E-state index contributed by atoms with van der Waals surface area (Å²) in [6.07, 6.45) is 0. The Morgan fingerprint density at radius 3 is 2.00 bits per heavy atom. The zero-order valence-electron chi connectivity index (χ0n) is 12.1. The Kier molecular flexibility index (Phi) is 4.06. The molecule has 0 atom stereocenters. The smallest absolute Gasteiger partial charge is 0.179 e. The van der Waals surface area contributed by atoms with E-state index in [4.69, 9.17) is 12.2 Å². The summed E-state index contributed by atoms with van der Waals surface area (Å²) in [7, 11) is 0. The van der Waals surface area contributed by atoms with E-state index in [2.05, 4.69) is 70.2 Å². The van der Waals surface area contributed by atoms with Crippen LogP contribution in [0.15, 0.2) is 60.7 Å². The highest BCUT2D eigenvalue weighted by molar-refractivity contribution is 7.80. The van der Waals surface area contributed by atoms with Gasteiger partial charge in [-0.3, -0.25) is 0 Å². The molecule has 0 aromatic heterocycles. The Morgan fingerprint density at radius 2 is 1.43 bits per heavy atom. The van der Waals surface area contributed by atoms with E-state index in [0.29, 0.717) is 0 Å². The molecule has 2 aromatic carbocycles. The van der Waals surface area contributed by atoms with Crippen molar-refractivity contribution in [3.05, 3.63) is 60.7 Å². The van der Waals surface area contributed by atoms with Gasteiger partial charge in [0.15, 0.2) is 5.11 Å². The van der Waals surface area contributed by atoms with Gasteiger partial charge in [-0.15, -0.1) is 0 Å². The van der Waals surface area contributed by atoms with E-state index in [1.807, 2.05) is 12.1 Å². The molecule has 1 aliphatic rings. The van der Waals surface area contributed by atoms with Crippen LogP contribution in [0.3, 0.4) is 0 Å². The Balaban J connectivity index is 1.91. The number of hydrogen-bond acceptors (Lipinski definition) is 2. The third-order valence-electron chi connectivity index (χ3n) is 3.73. The molecule has 1 fully saturated rings. The average molecular weight is 297 g/mol. The molecule has 0 saturated carbocycles. The van der Waals surface area contributed by atoms with Crippen LogP contribution in [0.25, 0.3) is 0 Å². The van der Waals surface area contributed by atoms with Gasteiger partial charge in [0.05, 0.1) is 13.3 Å². The zero-order chi connectivity index (χ0) is 14.7. The summed E-state index contributed by atoms with van der Waals surface area (Å²) in [6, 6.07) is 20.8. The topological polar surface area (TPSA) is 9.72 Å². The van der Waals surface area contributed by atoms with Crippen molar-refractivity contribution in [2.24, 2.45) is 0 Å². The molecule has 21 heavy (non-hydrogen) atoms. The first kappa shape index (κ1) is 13.9. The van der Waals surface area contributed by atoms with Gasteiger partial charge in [-0.2, -0.15) is 0 Å². The minimum atomic E-state index is 0.781. The first-order valence-corrected chi connectivity index (χ1v) is 7.62. The van der Waals surface area contributed by atoms with E-state index in [1.54, 1.807) is 0 Å². The van der Waals surface area contributed by atoms with Gasteiger partial charge in [0.1, 0.15) is 0 Å². The molecule has 0 unspecified atom stereocenters. The lowest BCUT2D eigenvalue weighted by molar-refractivity contribution is 0.408. The van der Waals surface area contributed by atoms with Crippen molar-refractivity contribution in [1.29, 1.82) is 0 Å². The monoisotopic (exact) mass is 297 g/mol. The molecule has 3 nitrogen and oxygen atoms in total. The second-order valence-corrected chi connectivity index (χ2v) is 5.43.